The molecule has 98 valence electrons. The van der Waals surface area contributed by atoms with Crippen LogP contribution in [0.3, 0.4) is 0 Å². The first-order valence-corrected chi connectivity index (χ1v) is 7.63. The molecule has 1 aromatic heterocycles. The zero-order chi connectivity index (χ0) is 12.5. The summed E-state index contributed by atoms with van der Waals surface area (Å²) < 4.78 is 0. The van der Waals surface area contributed by atoms with Crippen molar-refractivity contribution in [3.8, 4) is 0 Å². The number of anilines is 1. The van der Waals surface area contributed by atoms with Crippen LogP contribution in [-0.4, -0.2) is 33.7 Å². The van der Waals surface area contributed by atoms with E-state index in [1.165, 1.54) is 12.2 Å². The summed E-state index contributed by atoms with van der Waals surface area (Å²) >= 11 is 1.89. The Morgan fingerprint density at radius 2 is 2.28 bits per heavy atom. The number of amides is 1. The first-order valence-electron chi connectivity index (χ1n) is 6.48. The van der Waals surface area contributed by atoms with E-state index >= 15 is 0 Å². The lowest BCUT2D eigenvalue weighted by Gasteiger charge is -2.22. The van der Waals surface area contributed by atoms with Crippen LogP contribution in [-0.2, 0) is 0 Å². The van der Waals surface area contributed by atoms with Crippen molar-refractivity contribution in [3.63, 3.8) is 0 Å². The van der Waals surface area contributed by atoms with Gasteiger partial charge in [0.15, 0.2) is 5.69 Å². The molecule has 4 N–H and O–H groups in total. The smallest absolute Gasteiger partial charge is 0.274 e. The number of nitrogen functional groups attached to an aromatic ring is 1. The number of H-pyrrole nitrogens is 1. The van der Waals surface area contributed by atoms with Crippen molar-refractivity contribution in [2.24, 2.45) is 0 Å². The number of nitrogens with zero attached hydrogens (tertiary/aromatic N) is 1. The highest BCUT2D eigenvalue weighted by molar-refractivity contribution is 7.99. The minimum Gasteiger partial charge on any atom is -0.395 e. The second-order valence-corrected chi connectivity index (χ2v) is 6.21. The standard InChI is InChI=1S/C12H18N4OS/c13-9-10(7-3-4-7)15-16-11(9)12(17)14-8-2-1-5-18-6-8/h7-8H,1-6,13H2,(H,14,17)(H,15,16). The quantitative estimate of drug-likeness (QED) is 0.774. The van der Waals surface area contributed by atoms with Crippen molar-refractivity contribution in [1.29, 1.82) is 0 Å². The SMILES string of the molecule is Nc1c(C(=O)NC2CCCSC2)n[nH]c1C1CC1. The molecule has 1 saturated heterocycles. The Kier molecular flexibility index (Phi) is 3.20. The highest BCUT2D eigenvalue weighted by Crippen LogP contribution is 2.42. The summed E-state index contributed by atoms with van der Waals surface area (Å²) in [5.74, 6) is 2.54. The summed E-state index contributed by atoms with van der Waals surface area (Å²) in [6, 6.07) is 0.261. The van der Waals surface area contributed by atoms with Gasteiger partial charge in [0.05, 0.1) is 11.4 Å². The lowest BCUT2D eigenvalue weighted by molar-refractivity contribution is 0.0934. The van der Waals surface area contributed by atoms with Gasteiger partial charge in [-0.1, -0.05) is 0 Å². The lowest BCUT2D eigenvalue weighted by Crippen LogP contribution is -2.38. The minimum atomic E-state index is -0.136. The molecule has 2 aliphatic rings. The Labute approximate surface area is 110 Å². The van der Waals surface area contributed by atoms with Gasteiger partial charge in [0.25, 0.3) is 5.91 Å². The molecule has 1 atom stereocenters. The highest BCUT2D eigenvalue weighted by Gasteiger charge is 2.30. The first-order chi connectivity index (χ1) is 8.75. The fraction of sp³-hybridized carbons (Fsp3) is 0.667. The zero-order valence-corrected chi connectivity index (χ0v) is 11.1. The molecule has 2 heterocycles. The molecule has 2 fully saturated rings. The van der Waals surface area contributed by atoms with Gasteiger partial charge in [0, 0.05) is 17.7 Å². The molecule has 1 aliphatic heterocycles. The molecule has 3 rings (SSSR count). The molecule has 1 aromatic rings. The number of carbonyl (C=O) groups is 1. The third-order valence-electron chi connectivity index (χ3n) is 3.53. The van der Waals surface area contributed by atoms with E-state index in [-0.39, 0.29) is 11.9 Å². The van der Waals surface area contributed by atoms with Crippen LogP contribution in [0.15, 0.2) is 0 Å². The van der Waals surface area contributed by atoms with Gasteiger partial charge >= 0.3 is 0 Å². The van der Waals surface area contributed by atoms with E-state index in [2.05, 4.69) is 15.5 Å². The van der Waals surface area contributed by atoms with Gasteiger partial charge in [-0.25, -0.2) is 0 Å². The molecule has 0 spiro atoms. The average molecular weight is 266 g/mol. The summed E-state index contributed by atoms with van der Waals surface area (Å²) in [4.78, 5) is 12.1. The van der Waals surface area contributed by atoms with Crippen molar-refractivity contribution in [2.45, 2.75) is 37.6 Å². The number of aromatic amines is 1. The van der Waals surface area contributed by atoms with Crippen molar-refractivity contribution >= 4 is 23.4 Å². The summed E-state index contributed by atoms with van der Waals surface area (Å²) in [6.07, 6.45) is 4.51. The number of nitrogens with two attached hydrogens (primary N) is 1. The molecule has 1 unspecified atom stereocenters. The first kappa shape index (κ1) is 11.9. The normalized spacial score (nSPS) is 23.9. The number of nitrogens with one attached hydrogen (secondary N) is 2. The molecule has 1 saturated carbocycles. The molecule has 0 aromatic carbocycles. The van der Waals surface area contributed by atoms with Gasteiger partial charge in [-0.15, -0.1) is 0 Å². The number of thioether (sulfide) groups is 1. The third-order valence-corrected chi connectivity index (χ3v) is 4.75. The van der Waals surface area contributed by atoms with E-state index in [0.717, 1.165) is 30.7 Å². The number of aromatic nitrogens is 2. The minimum absolute atomic E-state index is 0.136. The van der Waals surface area contributed by atoms with Crippen molar-refractivity contribution in [2.75, 3.05) is 17.2 Å². The lowest BCUT2D eigenvalue weighted by atomic mass is 10.1. The van der Waals surface area contributed by atoms with Crippen LogP contribution >= 0.6 is 11.8 Å². The predicted molar refractivity (Wildman–Crippen MR) is 72.8 cm³/mol. The maximum Gasteiger partial charge on any atom is 0.274 e. The largest absolute Gasteiger partial charge is 0.395 e. The van der Waals surface area contributed by atoms with Gasteiger partial charge in [0.1, 0.15) is 0 Å². The second-order valence-electron chi connectivity index (χ2n) is 5.06. The van der Waals surface area contributed by atoms with Gasteiger partial charge in [-0.05, 0) is 31.4 Å². The van der Waals surface area contributed by atoms with Crippen LogP contribution in [0, 0.1) is 0 Å². The van der Waals surface area contributed by atoms with Crippen LogP contribution in [0.25, 0.3) is 0 Å². The summed E-state index contributed by atoms with van der Waals surface area (Å²) in [5, 5.41) is 10.0. The Balaban J connectivity index is 1.67. The Hall–Kier alpha value is -1.17. The van der Waals surface area contributed by atoms with E-state index in [1.54, 1.807) is 0 Å². The molecule has 0 radical (unpaired) electrons. The van der Waals surface area contributed by atoms with Gasteiger partial charge in [0.2, 0.25) is 0 Å². The van der Waals surface area contributed by atoms with E-state index in [1.807, 2.05) is 11.8 Å². The van der Waals surface area contributed by atoms with E-state index in [9.17, 15) is 4.79 Å². The fourth-order valence-corrected chi connectivity index (χ4v) is 3.40. The summed E-state index contributed by atoms with van der Waals surface area (Å²) in [6.45, 7) is 0. The molecule has 1 aliphatic carbocycles. The number of carbonyl (C=O) groups excluding carboxylic acids is 1. The molecule has 5 nitrogen and oxygen atoms in total. The molecule has 6 heteroatoms. The molecular weight excluding hydrogens is 248 g/mol. The Morgan fingerprint density at radius 3 is 2.94 bits per heavy atom. The maximum absolute atomic E-state index is 12.1. The summed E-state index contributed by atoms with van der Waals surface area (Å²) in [7, 11) is 0. The third kappa shape index (κ3) is 2.34. The van der Waals surface area contributed by atoms with Crippen LogP contribution in [0.5, 0.6) is 0 Å². The fourth-order valence-electron chi connectivity index (χ4n) is 2.33. The molecule has 18 heavy (non-hydrogen) atoms. The monoisotopic (exact) mass is 266 g/mol. The van der Waals surface area contributed by atoms with Crippen molar-refractivity contribution < 1.29 is 4.79 Å². The van der Waals surface area contributed by atoms with Crippen LogP contribution < -0.4 is 11.1 Å². The Morgan fingerprint density at radius 1 is 1.44 bits per heavy atom. The van der Waals surface area contributed by atoms with Crippen molar-refractivity contribution in [1.82, 2.24) is 15.5 Å². The number of rotatable bonds is 3. The molecular formula is C12H18N4OS. The van der Waals surface area contributed by atoms with E-state index in [4.69, 9.17) is 5.73 Å². The molecule has 1 amide bonds. The zero-order valence-electron chi connectivity index (χ0n) is 10.2. The highest BCUT2D eigenvalue weighted by atomic mass is 32.2. The number of hydrogen-bond acceptors (Lipinski definition) is 4. The average Bonchev–Trinajstić information content (AvgIpc) is 3.14. The van der Waals surface area contributed by atoms with Crippen LogP contribution in [0.1, 0.15) is 47.8 Å². The van der Waals surface area contributed by atoms with Gasteiger partial charge in [-0.3, -0.25) is 9.89 Å². The van der Waals surface area contributed by atoms with Crippen molar-refractivity contribution in [3.05, 3.63) is 11.4 Å². The summed E-state index contributed by atoms with van der Waals surface area (Å²) in [5.41, 5.74) is 7.84. The Bertz CT molecular complexity index is 449. The van der Waals surface area contributed by atoms with E-state index < -0.39 is 0 Å². The predicted octanol–water partition coefficient (Wildman–Crippen LogP) is 1.49. The van der Waals surface area contributed by atoms with Gasteiger partial charge < -0.3 is 11.1 Å². The second kappa shape index (κ2) is 4.84. The number of hydrogen-bond donors (Lipinski definition) is 3. The van der Waals surface area contributed by atoms with E-state index in [0.29, 0.717) is 17.3 Å². The topological polar surface area (TPSA) is 83.8 Å². The van der Waals surface area contributed by atoms with Crippen LogP contribution in [0.2, 0.25) is 0 Å². The maximum atomic E-state index is 12.1. The molecule has 0 bridgehead atoms. The van der Waals surface area contributed by atoms with Crippen LogP contribution in [0.4, 0.5) is 5.69 Å². The van der Waals surface area contributed by atoms with Gasteiger partial charge in [-0.2, -0.15) is 16.9 Å².